The van der Waals surface area contributed by atoms with Crippen LogP contribution in [-0.4, -0.2) is 66.0 Å². The number of carbonyl (C=O) groups is 1. The molecule has 4 aromatic rings. The van der Waals surface area contributed by atoms with Gasteiger partial charge in [-0.05, 0) is 42.3 Å². The number of anilines is 2. The largest absolute Gasteiger partial charge is 0.394 e. The average Bonchev–Trinajstić information content (AvgIpc) is 3.46. The number of pyridine rings is 1. The molecule has 10 nitrogen and oxygen atoms in total. The molecule has 1 atom stereocenters. The number of aliphatic hydroxyl groups is 1. The Morgan fingerprint density at radius 2 is 2.08 bits per heavy atom. The van der Waals surface area contributed by atoms with E-state index in [-0.39, 0.29) is 31.4 Å². The van der Waals surface area contributed by atoms with Crippen molar-refractivity contribution in [3.8, 4) is 11.4 Å². The molecule has 0 unspecified atom stereocenters. The number of aryl methyl sites for hydroxylation is 1. The summed E-state index contributed by atoms with van der Waals surface area (Å²) in [5.41, 5.74) is 4.02. The predicted octanol–water partition coefficient (Wildman–Crippen LogP) is 3.09. The Hall–Kier alpha value is -3.93. The van der Waals surface area contributed by atoms with E-state index in [1.165, 1.54) is 11.0 Å². The minimum atomic E-state index is -2.67. The highest BCUT2D eigenvalue weighted by atomic mass is 19.3. The molecular weight excluding hydrogens is 470 g/mol. The number of hydrogen-bond donors (Lipinski definition) is 2. The number of halogens is 2. The van der Waals surface area contributed by atoms with E-state index >= 15 is 0 Å². The lowest BCUT2D eigenvalue weighted by Crippen LogP contribution is -2.50. The topological polar surface area (TPSA) is 113 Å². The molecule has 6 rings (SSSR count). The molecule has 36 heavy (non-hydrogen) atoms. The summed E-state index contributed by atoms with van der Waals surface area (Å²) in [4.78, 5) is 16.6. The smallest absolute Gasteiger partial charge is 0.259 e. The van der Waals surface area contributed by atoms with Crippen LogP contribution in [-0.2, 0) is 0 Å². The molecule has 0 bridgehead atoms. The number of tetrazole rings is 1. The molecule has 2 aliphatic rings. The molecule has 1 aliphatic heterocycles. The van der Waals surface area contributed by atoms with Gasteiger partial charge < -0.3 is 15.3 Å². The van der Waals surface area contributed by atoms with Crippen molar-refractivity contribution in [1.82, 2.24) is 29.8 Å². The summed E-state index contributed by atoms with van der Waals surface area (Å²) in [5.74, 6) is -2.69. The van der Waals surface area contributed by atoms with Gasteiger partial charge in [0.25, 0.3) is 11.8 Å². The third-order valence-corrected chi connectivity index (χ3v) is 7.00. The number of hydrogen-bond acceptors (Lipinski definition) is 7. The van der Waals surface area contributed by atoms with E-state index in [1.54, 1.807) is 22.8 Å². The summed E-state index contributed by atoms with van der Waals surface area (Å²) in [5, 5.41) is 29.0. The van der Waals surface area contributed by atoms with Crippen molar-refractivity contribution in [3.05, 3.63) is 53.9 Å². The van der Waals surface area contributed by atoms with Gasteiger partial charge in [0, 0.05) is 42.5 Å². The molecule has 1 saturated heterocycles. The lowest BCUT2D eigenvalue weighted by molar-refractivity contribution is -0.110. The molecule has 1 aliphatic carbocycles. The van der Waals surface area contributed by atoms with Crippen molar-refractivity contribution in [2.75, 3.05) is 23.4 Å². The molecular formula is C24H24F2N8O2. The standard InChI is InChI=1S/C24H24F2N8O2/c1-14-2-3-15(22-29-31-34(30-22)18-10-24(25,26)11-18)8-20(14)28-23(36)19-12-27-33-7-5-16(9-21(19)33)32-6-4-17(32)13-35/h2-3,5,7-9,12,17-18,35H,4,6,10-11,13H2,1H3,(H,28,36)/t17-/m0/s1. The third kappa shape index (κ3) is 3.87. The van der Waals surface area contributed by atoms with Crippen LogP contribution in [0.25, 0.3) is 16.9 Å². The Kier molecular flexibility index (Phi) is 5.21. The van der Waals surface area contributed by atoms with Crippen molar-refractivity contribution < 1.29 is 18.7 Å². The molecule has 1 aromatic carbocycles. The molecule has 186 valence electrons. The van der Waals surface area contributed by atoms with Gasteiger partial charge in [-0.1, -0.05) is 12.1 Å². The van der Waals surface area contributed by atoms with Crippen LogP contribution in [0.15, 0.2) is 42.7 Å². The van der Waals surface area contributed by atoms with Gasteiger partial charge in [0.1, 0.15) is 0 Å². The third-order valence-electron chi connectivity index (χ3n) is 7.00. The first kappa shape index (κ1) is 22.5. The first-order chi connectivity index (χ1) is 17.3. The maximum Gasteiger partial charge on any atom is 0.259 e. The van der Waals surface area contributed by atoms with Crippen molar-refractivity contribution >= 4 is 22.8 Å². The monoisotopic (exact) mass is 494 g/mol. The molecule has 2 fully saturated rings. The quantitative estimate of drug-likeness (QED) is 0.424. The second-order valence-electron chi connectivity index (χ2n) is 9.43. The van der Waals surface area contributed by atoms with Crippen molar-refractivity contribution in [1.29, 1.82) is 0 Å². The van der Waals surface area contributed by atoms with Crippen molar-refractivity contribution in [2.24, 2.45) is 0 Å². The maximum atomic E-state index is 13.2. The second kappa shape index (κ2) is 8.33. The lowest BCUT2D eigenvalue weighted by Gasteiger charge is -2.41. The van der Waals surface area contributed by atoms with Crippen LogP contribution in [0.3, 0.4) is 0 Å². The molecule has 1 amide bonds. The van der Waals surface area contributed by atoms with Crippen LogP contribution in [0.2, 0.25) is 0 Å². The Morgan fingerprint density at radius 3 is 2.81 bits per heavy atom. The van der Waals surface area contributed by atoms with E-state index in [4.69, 9.17) is 0 Å². The van der Waals surface area contributed by atoms with Gasteiger partial charge in [-0.2, -0.15) is 9.90 Å². The summed E-state index contributed by atoms with van der Waals surface area (Å²) >= 11 is 0. The highest BCUT2D eigenvalue weighted by Gasteiger charge is 2.47. The summed E-state index contributed by atoms with van der Waals surface area (Å²) in [6.07, 6.45) is 3.66. The van der Waals surface area contributed by atoms with Gasteiger partial charge in [-0.3, -0.25) is 4.79 Å². The number of fused-ring (bicyclic) bond motifs is 1. The van der Waals surface area contributed by atoms with Crippen LogP contribution in [0.5, 0.6) is 0 Å². The van der Waals surface area contributed by atoms with Crippen molar-refractivity contribution in [2.45, 2.75) is 44.2 Å². The SMILES string of the molecule is Cc1ccc(-c2nnn(C3CC(F)(F)C3)n2)cc1NC(=O)c1cnn2ccc(N3CC[C@H]3CO)cc12. The molecule has 4 heterocycles. The zero-order valence-corrected chi connectivity index (χ0v) is 19.5. The Bertz CT molecular complexity index is 1460. The maximum absolute atomic E-state index is 13.2. The van der Waals surface area contributed by atoms with Gasteiger partial charge in [-0.25, -0.2) is 13.3 Å². The van der Waals surface area contributed by atoms with E-state index in [2.05, 4.69) is 30.7 Å². The summed E-state index contributed by atoms with van der Waals surface area (Å²) < 4.78 is 28.1. The fraction of sp³-hybridized carbons (Fsp3) is 0.375. The number of aliphatic hydroxyl groups excluding tert-OH is 1. The van der Waals surface area contributed by atoms with Gasteiger partial charge in [0.05, 0.1) is 36.0 Å². The number of alkyl halides is 2. The molecule has 2 N–H and O–H groups in total. The zero-order chi connectivity index (χ0) is 25.0. The van der Waals surface area contributed by atoms with Crippen molar-refractivity contribution in [3.63, 3.8) is 0 Å². The van der Waals surface area contributed by atoms with Crippen LogP contribution in [0, 0.1) is 6.92 Å². The number of nitrogens with one attached hydrogen (secondary N) is 1. The summed E-state index contributed by atoms with van der Waals surface area (Å²) in [7, 11) is 0. The van der Waals surface area contributed by atoms with Gasteiger partial charge in [-0.15, -0.1) is 10.2 Å². The first-order valence-corrected chi connectivity index (χ1v) is 11.8. The van der Waals surface area contributed by atoms with Crippen LogP contribution >= 0.6 is 0 Å². The zero-order valence-electron chi connectivity index (χ0n) is 19.5. The summed E-state index contributed by atoms with van der Waals surface area (Å²) in [6, 6.07) is 8.82. The van der Waals surface area contributed by atoms with Crippen LogP contribution < -0.4 is 10.2 Å². The highest BCUT2D eigenvalue weighted by Crippen LogP contribution is 2.44. The molecule has 0 spiro atoms. The number of carbonyl (C=O) groups excluding carboxylic acids is 1. The Balaban J connectivity index is 1.23. The minimum Gasteiger partial charge on any atom is -0.394 e. The van der Waals surface area contributed by atoms with Gasteiger partial charge in [0.2, 0.25) is 5.82 Å². The Labute approximate surface area is 204 Å². The summed E-state index contributed by atoms with van der Waals surface area (Å²) in [6.45, 7) is 2.81. The fourth-order valence-electron chi connectivity index (χ4n) is 4.67. The van der Waals surface area contributed by atoms with E-state index in [1.807, 2.05) is 25.1 Å². The van der Waals surface area contributed by atoms with E-state index in [9.17, 15) is 18.7 Å². The minimum absolute atomic E-state index is 0.0865. The van der Waals surface area contributed by atoms with Gasteiger partial charge >= 0.3 is 0 Å². The van der Waals surface area contributed by atoms with E-state index in [0.717, 1.165) is 24.2 Å². The number of aromatic nitrogens is 6. The Morgan fingerprint density at radius 1 is 1.25 bits per heavy atom. The molecule has 3 aromatic heterocycles. The average molecular weight is 495 g/mol. The van der Waals surface area contributed by atoms with E-state index in [0.29, 0.717) is 28.2 Å². The second-order valence-corrected chi connectivity index (χ2v) is 9.43. The number of amides is 1. The molecule has 1 saturated carbocycles. The number of nitrogens with zero attached hydrogens (tertiary/aromatic N) is 7. The highest BCUT2D eigenvalue weighted by molar-refractivity contribution is 6.09. The fourth-order valence-corrected chi connectivity index (χ4v) is 4.67. The number of benzene rings is 1. The van der Waals surface area contributed by atoms with Crippen LogP contribution in [0.1, 0.15) is 41.2 Å². The number of rotatable bonds is 6. The molecule has 12 heteroatoms. The first-order valence-electron chi connectivity index (χ1n) is 11.8. The van der Waals surface area contributed by atoms with E-state index < -0.39 is 12.0 Å². The lowest BCUT2D eigenvalue weighted by atomic mass is 9.89. The van der Waals surface area contributed by atoms with Gasteiger partial charge in [0.15, 0.2) is 0 Å². The predicted molar refractivity (Wildman–Crippen MR) is 127 cm³/mol. The van der Waals surface area contributed by atoms with Crippen LogP contribution in [0.4, 0.5) is 20.2 Å². The molecule has 0 radical (unpaired) electrons. The normalized spacial score (nSPS) is 19.2.